The average Bonchev–Trinajstić information content (AvgIpc) is 2.91. The van der Waals surface area contributed by atoms with Gasteiger partial charge in [-0.1, -0.05) is 40.6 Å². The van der Waals surface area contributed by atoms with Gasteiger partial charge < -0.3 is 10.2 Å². The summed E-state index contributed by atoms with van der Waals surface area (Å²) in [7, 11) is 0. The summed E-state index contributed by atoms with van der Waals surface area (Å²) < 4.78 is 1.18. The summed E-state index contributed by atoms with van der Waals surface area (Å²) in [4.78, 5) is 19.2. The lowest BCUT2D eigenvalue weighted by Crippen LogP contribution is -2.52. The first-order valence-corrected chi connectivity index (χ1v) is 9.45. The van der Waals surface area contributed by atoms with Crippen molar-refractivity contribution in [2.75, 3.05) is 23.3 Å². The van der Waals surface area contributed by atoms with Crippen LogP contribution in [0.25, 0.3) is 10.2 Å². The molecule has 1 saturated heterocycles. The molecule has 4 rings (SSSR count). The Bertz CT molecular complexity index is 966. The molecule has 1 aliphatic heterocycles. The number of benzene rings is 2. The number of thiazole rings is 1. The maximum atomic E-state index is 12.4. The van der Waals surface area contributed by atoms with E-state index in [1.807, 2.05) is 6.07 Å². The Labute approximate surface area is 159 Å². The minimum Gasteiger partial charge on any atom is -0.346 e. The van der Waals surface area contributed by atoms with E-state index in [4.69, 9.17) is 23.2 Å². The van der Waals surface area contributed by atoms with Gasteiger partial charge in [-0.05, 0) is 42.8 Å². The average molecular weight is 392 g/mol. The van der Waals surface area contributed by atoms with Crippen LogP contribution in [0.5, 0.6) is 0 Å². The van der Waals surface area contributed by atoms with Gasteiger partial charge in [-0.3, -0.25) is 4.79 Å². The molecular formula is C18H15Cl2N3OS. The number of fused-ring (bicyclic) bond motifs is 1. The van der Waals surface area contributed by atoms with Gasteiger partial charge in [0.05, 0.1) is 26.8 Å². The summed E-state index contributed by atoms with van der Waals surface area (Å²) in [6.45, 7) is 3.40. The third-order valence-corrected chi connectivity index (χ3v) is 5.87. The number of amides is 1. The van der Waals surface area contributed by atoms with Crippen molar-refractivity contribution in [3.63, 3.8) is 0 Å². The number of aryl methyl sites for hydroxylation is 1. The van der Waals surface area contributed by atoms with Gasteiger partial charge in [0.2, 0.25) is 5.91 Å². The van der Waals surface area contributed by atoms with Crippen LogP contribution >= 0.6 is 34.5 Å². The number of rotatable bonds is 3. The van der Waals surface area contributed by atoms with Gasteiger partial charge in [0, 0.05) is 18.1 Å². The molecule has 1 aromatic heterocycles. The Morgan fingerprint density at radius 1 is 1.24 bits per heavy atom. The Kier molecular flexibility index (Phi) is 4.31. The van der Waals surface area contributed by atoms with Crippen LogP contribution in [-0.2, 0) is 4.79 Å². The number of carbonyl (C=O) groups excluding carboxylic acids is 1. The van der Waals surface area contributed by atoms with E-state index in [0.717, 1.165) is 10.6 Å². The van der Waals surface area contributed by atoms with Crippen molar-refractivity contribution in [2.45, 2.75) is 6.92 Å². The van der Waals surface area contributed by atoms with E-state index >= 15 is 0 Å². The Morgan fingerprint density at radius 2 is 2.04 bits per heavy atom. The van der Waals surface area contributed by atoms with Crippen LogP contribution in [0, 0.1) is 12.8 Å². The molecule has 1 aliphatic rings. The second-order valence-electron chi connectivity index (χ2n) is 6.18. The smallest absolute Gasteiger partial charge is 0.231 e. The number of halogens is 2. The maximum absolute atomic E-state index is 12.4. The monoisotopic (exact) mass is 391 g/mol. The number of hydrogen-bond acceptors (Lipinski definition) is 4. The van der Waals surface area contributed by atoms with Crippen LogP contribution in [0.2, 0.25) is 10.0 Å². The molecule has 128 valence electrons. The van der Waals surface area contributed by atoms with Gasteiger partial charge in [0.15, 0.2) is 5.13 Å². The minimum atomic E-state index is -0.0690. The molecule has 1 fully saturated rings. The first-order chi connectivity index (χ1) is 12.0. The van der Waals surface area contributed by atoms with E-state index in [-0.39, 0.29) is 11.8 Å². The molecule has 0 aliphatic carbocycles. The molecule has 0 bridgehead atoms. The number of anilines is 2. The lowest BCUT2D eigenvalue weighted by atomic mass is 10.00. The van der Waals surface area contributed by atoms with E-state index in [1.54, 1.807) is 29.5 Å². The van der Waals surface area contributed by atoms with Crippen molar-refractivity contribution in [1.29, 1.82) is 0 Å². The zero-order valence-corrected chi connectivity index (χ0v) is 15.8. The first-order valence-electron chi connectivity index (χ1n) is 7.87. The largest absolute Gasteiger partial charge is 0.346 e. The second-order valence-corrected chi connectivity index (χ2v) is 8.04. The SMILES string of the molecule is Cc1ccc2nc(N3CC(C(=O)Nc4ccc(Cl)cc4Cl)C3)sc2c1. The number of hydrogen-bond donors (Lipinski definition) is 1. The van der Waals surface area contributed by atoms with E-state index in [1.165, 1.54) is 10.3 Å². The highest BCUT2D eigenvalue weighted by Gasteiger charge is 2.34. The van der Waals surface area contributed by atoms with Crippen molar-refractivity contribution in [3.8, 4) is 0 Å². The van der Waals surface area contributed by atoms with Gasteiger partial charge >= 0.3 is 0 Å². The van der Waals surface area contributed by atoms with Crippen molar-refractivity contribution in [1.82, 2.24) is 4.98 Å². The Hall–Kier alpha value is -1.82. The second kappa shape index (κ2) is 6.48. The molecule has 1 N–H and O–H groups in total. The van der Waals surface area contributed by atoms with Crippen molar-refractivity contribution in [3.05, 3.63) is 52.0 Å². The first kappa shape index (κ1) is 16.6. The lowest BCUT2D eigenvalue weighted by molar-refractivity contribution is -0.120. The summed E-state index contributed by atoms with van der Waals surface area (Å²) in [5, 5.41) is 4.83. The summed E-state index contributed by atoms with van der Waals surface area (Å²) in [5.74, 6) is -0.0991. The standard InChI is InChI=1S/C18H15Cl2N3OS/c1-10-2-4-15-16(6-10)25-18(22-15)23-8-11(9-23)17(24)21-14-5-3-12(19)7-13(14)20/h2-7,11H,8-9H2,1H3,(H,21,24). The number of nitrogens with one attached hydrogen (secondary N) is 1. The fourth-order valence-corrected chi connectivity index (χ4v) is 4.32. The zero-order chi connectivity index (χ0) is 17.6. The van der Waals surface area contributed by atoms with E-state index in [9.17, 15) is 4.79 Å². The Morgan fingerprint density at radius 3 is 2.80 bits per heavy atom. The fraction of sp³-hybridized carbons (Fsp3) is 0.222. The van der Waals surface area contributed by atoms with Gasteiger partial charge in [0.25, 0.3) is 0 Å². The highest BCUT2D eigenvalue weighted by Crippen LogP contribution is 2.34. The minimum absolute atomic E-state index is 0.0302. The summed E-state index contributed by atoms with van der Waals surface area (Å²) in [6.07, 6.45) is 0. The number of nitrogens with zero attached hydrogens (tertiary/aromatic N) is 2. The van der Waals surface area contributed by atoms with Gasteiger partial charge in [-0.15, -0.1) is 0 Å². The summed E-state index contributed by atoms with van der Waals surface area (Å²) in [5.41, 5.74) is 2.82. The van der Waals surface area contributed by atoms with Crippen LogP contribution in [0.15, 0.2) is 36.4 Å². The van der Waals surface area contributed by atoms with E-state index in [2.05, 4.69) is 34.3 Å². The van der Waals surface area contributed by atoms with Crippen LogP contribution in [0.1, 0.15) is 5.56 Å². The van der Waals surface area contributed by atoms with Crippen LogP contribution < -0.4 is 10.2 Å². The summed E-state index contributed by atoms with van der Waals surface area (Å²) in [6, 6.07) is 11.3. The van der Waals surface area contributed by atoms with Crippen LogP contribution in [0.4, 0.5) is 10.8 Å². The summed E-state index contributed by atoms with van der Waals surface area (Å²) >= 11 is 13.6. The number of carbonyl (C=O) groups is 1. The molecule has 25 heavy (non-hydrogen) atoms. The molecule has 0 atom stereocenters. The van der Waals surface area contributed by atoms with Crippen LogP contribution in [-0.4, -0.2) is 24.0 Å². The van der Waals surface area contributed by atoms with Crippen molar-refractivity contribution >= 4 is 61.5 Å². The highest BCUT2D eigenvalue weighted by molar-refractivity contribution is 7.22. The highest BCUT2D eigenvalue weighted by atomic mass is 35.5. The molecular weight excluding hydrogens is 377 g/mol. The molecule has 4 nitrogen and oxygen atoms in total. The van der Waals surface area contributed by atoms with E-state index in [0.29, 0.717) is 28.8 Å². The molecule has 0 saturated carbocycles. The van der Waals surface area contributed by atoms with Gasteiger partial charge in [-0.25, -0.2) is 4.98 Å². The number of aromatic nitrogens is 1. The lowest BCUT2D eigenvalue weighted by Gasteiger charge is -2.38. The molecule has 0 spiro atoms. The molecule has 3 aromatic rings. The quantitative estimate of drug-likeness (QED) is 0.683. The van der Waals surface area contributed by atoms with Crippen LogP contribution in [0.3, 0.4) is 0 Å². The zero-order valence-electron chi connectivity index (χ0n) is 13.4. The van der Waals surface area contributed by atoms with Crippen molar-refractivity contribution < 1.29 is 4.79 Å². The fourth-order valence-electron chi connectivity index (χ4n) is 2.78. The predicted molar refractivity (Wildman–Crippen MR) is 105 cm³/mol. The molecule has 0 unspecified atom stereocenters. The van der Waals surface area contributed by atoms with Gasteiger partial charge in [-0.2, -0.15) is 0 Å². The topological polar surface area (TPSA) is 45.2 Å². The Balaban J connectivity index is 1.41. The normalized spacial score (nSPS) is 14.6. The van der Waals surface area contributed by atoms with Gasteiger partial charge in [0.1, 0.15) is 0 Å². The molecule has 0 radical (unpaired) electrons. The van der Waals surface area contributed by atoms with E-state index < -0.39 is 0 Å². The third-order valence-electron chi connectivity index (χ3n) is 4.24. The maximum Gasteiger partial charge on any atom is 0.231 e. The predicted octanol–water partition coefficient (Wildman–Crippen LogP) is 4.99. The molecule has 2 aromatic carbocycles. The van der Waals surface area contributed by atoms with Crippen molar-refractivity contribution in [2.24, 2.45) is 5.92 Å². The third kappa shape index (κ3) is 3.32. The molecule has 2 heterocycles. The molecule has 1 amide bonds. The molecule has 7 heteroatoms.